The molecule has 0 radical (unpaired) electrons. The number of hydrogen-bond donors (Lipinski definition) is 2. The molecule has 0 aliphatic heterocycles. The van der Waals surface area contributed by atoms with Crippen molar-refractivity contribution in [2.24, 2.45) is 0 Å². The molecule has 0 fully saturated rings. The molecule has 0 saturated carbocycles. The van der Waals surface area contributed by atoms with Crippen LogP contribution < -0.4 is 10.6 Å². The van der Waals surface area contributed by atoms with E-state index in [-0.39, 0.29) is 18.8 Å². The third kappa shape index (κ3) is 4.40. The average Bonchev–Trinajstić information content (AvgIpc) is 2.69. The van der Waals surface area contributed by atoms with E-state index in [2.05, 4.69) is 21.2 Å². The van der Waals surface area contributed by atoms with Crippen molar-refractivity contribution in [2.75, 3.05) is 13.1 Å². The fourth-order valence-electron chi connectivity index (χ4n) is 0.976. The summed E-state index contributed by atoms with van der Waals surface area (Å²) in [6, 6.07) is 2.90. The number of carbonyl (C=O) groups is 2. The zero-order valence-electron chi connectivity index (χ0n) is 8.81. The number of carbonyl (C=O) groups excluding carboxylic acids is 2. The minimum Gasteiger partial charge on any atom is -0.444 e. The second-order valence-electron chi connectivity index (χ2n) is 3.11. The fraction of sp³-hybridized carbons (Fsp3) is 0.333. The smallest absolute Gasteiger partial charge is 0.444 e. The molecule has 1 heterocycles. The Kier molecular flexibility index (Phi) is 4.76. The first-order valence-electron chi connectivity index (χ1n) is 4.69. The van der Waals surface area contributed by atoms with E-state index in [1.807, 2.05) is 0 Å². The van der Waals surface area contributed by atoms with Gasteiger partial charge in [-0.15, -0.1) is 0 Å². The van der Waals surface area contributed by atoms with Crippen LogP contribution in [-0.2, 0) is 4.79 Å². The van der Waals surface area contributed by atoms with Crippen LogP contribution in [0.1, 0.15) is 10.6 Å². The number of nitrogens with one attached hydrogen (secondary N) is 2. The number of amides is 2. The van der Waals surface area contributed by atoms with Crippen molar-refractivity contribution in [3.63, 3.8) is 0 Å². The highest BCUT2D eigenvalue weighted by atomic mass is 79.9. The first kappa shape index (κ1) is 14.6. The van der Waals surface area contributed by atoms with Crippen LogP contribution in [0.2, 0.25) is 0 Å². The summed E-state index contributed by atoms with van der Waals surface area (Å²) in [7, 11) is 0. The van der Waals surface area contributed by atoms with E-state index in [1.54, 1.807) is 5.32 Å². The predicted octanol–water partition coefficient (Wildman–Crippen LogP) is 1.45. The summed E-state index contributed by atoms with van der Waals surface area (Å²) in [6.07, 6.45) is -4.92. The van der Waals surface area contributed by atoms with Crippen molar-refractivity contribution in [1.82, 2.24) is 10.6 Å². The van der Waals surface area contributed by atoms with Gasteiger partial charge in [0, 0.05) is 13.1 Å². The largest absolute Gasteiger partial charge is 0.471 e. The molecule has 2 amide bonds. The third-order valence-corrected chi connectivity index (χ3v) is 2.18. The Morgan fingerprint density at radius 3 is 2.33 bits per heavy atom. The number of alkyl halides is 3. The number of furan rings is 1. The van der Waals surface area contributed by atoms with E-state index in [0.29, 0.717) is 4.67 Å². The third-order valence-electron chi connectivity index (χ3n) is 1.75. The van der Waals surface area contributed by atoms with Crippen molar-refractivity contribution >= 4 is 27.7 Å². The molecule has 1 rings (SSSR count). The van der Waals surface area contributed by atoms with Crippen molar-refractivity contribution < 1.29 is 27.2 Å². The van der Waals surface area contributed by atoms with Crippen molar-refractivity contribution in [2.45, 2.75) is 6.18 Å². The SMILES string of the molecule is O=C(NCCNC(=O)C(F)(F)F)c1ccc(Br)o1. The maximum Gasteiger partial charge on any atom is 0.471 e. The van der Waals surface area contributed by atoms with Crippen molar-refractivity contribution in [3.05, 3.63) is 22.6 Å². The predicted molar refractivity (Wildman–Crippen MR) is 57.8 cm³/mol. The van der Waals surface area contributed by atoms with Gasteiger partial charge in [-0.1, -0.05) is 0 Å². The molecule has 0 unspecified atom stereocenters. The molecular weight excluding hydrogens is 321 g/mol. The van der Waals surface area contributed by atoms with Crippen LogP contribution in [0.15, 0.2) is 21.2 Å². The summed E-state index contributed by atoms with van der Waals surface area (Å²) in [6.45, 7) is -0.467. The van der Waals surface area contributed by atoms with Gasteiger partial charge in [0.25, 0.3) is 5.91 Å². The first-order chi connectivity index (χ1) is 8.30. The molecule has 18 heavy (non-hydrogen) atoms. The molecule has 0 bridgehead atoms. The Morgan fingerprint density at radius 1 is 1.22 bits per heavy atom. The number of hydrogen-bond acceptors (Lipinski definition) is 3. The van der Waals surface area contributed by atoms with Crippen LogP contribution >= 0.6 is 15.9 Å². The lowest BCUT2D eigenvalue weighted by Gasteiger charge is -2.07. The van der Waals surface area contributed by atoms with Crippen LogP contribution in [0.3, 0.4) is 0 Å². The lowest BCUT2D eigenvalue weighted by atomic mass is 10.4. The Bertz CT molecular complexity index is 445. The summed E-state index contributed by atoms with van der Waals surface area (Å²) >= 11 is 2.99. The van der Waals surface area contributed by atoms with E-state index >= 15 is 0 Å². The average molecular weight is 329 g/mol. The molecule has 5 nitrogen and oxygen atoms in total. The van der Waals surface area contributed by atoms with Crippen LogP contribution in [0.4, 0.5) is 13.2 Å². The van der Waals surface area contributed by atoms with Crippen molar-refractivity contribution in [3.8, 4) is 0 Å². The molecule has 0 atom stereocenters. The Hall–Kier alpha value is -1.51. The Balaban J connectivity index is 2.27. The highest BCUT2D eigenvalue weighted by Crippen LogP contribution is 2.14. The van der Waals surface area contributed by atoms with E-state index in [0.717, 1.165) is 0 Å². The zero-order valence-corrected chi connectivity index (χ0v) is 10.4. The summed E-state index contributed by atoms with van der Waals surface area (Å²) in [4.78, 5) is 21.7. The van der Waals surface area contributed by atoms with Gasteiger partial charge >= 0.3 is 12.1 Å². The summed E-state index contributed by atoms with van der Waals surface area (Å²) in [5, 5.41) is 3.90. The monoisotopic (exact) mass is 328 g/mol. The van der Waals surface area contributed by atoms with Gasteiger partial charge < -0.3 is 15.1 Å². The zero-order chi connectivity index (χ0) is 13.8. The van der Waals surface area contributed by atoms with Gasteiger partial charge in [0.1, 0.15) is 0 Å². The number of halogens is 4. The summed E-state index contributed by atoms with van der Waals surface area (Å²) in [5.74, 6) is -2.61. The summed E-state index contributed by atoms with van der Waals surface area (Å²) < 4.78 is 40.6. The van der Waals surface area contributed by atoms with Crippen LogP contribution in [0.25, 0.3) is 0 Å². The van der Waals surface area contributed by atoms with Gasteiger partial charge in [-0.3, -0.25) is 9.59 Å². The van der Waals surface area contributed by atoms with E-state index in [4.69, 9.17) is 4.42 Å². The molecule has 0 spiro atoms. The first-order valence-corrected chi connectivity index (χ1v) is 5.48. The minimum atomic E-state index is -4.92. The van der Waals surface area contributed by atoms with Crippen LogP contribution in [-0.4, -0.2) is 31.1 Å². The fourth-order valence-corrected chi connectivity index (χ4v) is 1.28. The summed E-state index contributed by atoms with van der Waals surface area (Å²) in [5.41, 5.74) is 0. The normalized spacial score (nSPS) is 11.1. The highest BCUT2D eigenvalue weighted by Gasteiger charge is 2.38. The van der Waals surface area contributed by atoms with Crippen LogP contribution in [0.5, 0.6) is 0 Å². The van der Waals surface area contributed by atoms with E-state index < -0.39 is 18.0 Å². The van der Waals surface area contributed by atoms with Gasteiger partial charge in [0.15, 0.2) is 10.4 Å². The van der Waals surface area contributed by atoms with Crippen LogP contribution in [0, 0.1) is 0 Å². The topological polar surface area (TPSA) is 71.3 Å². The Labute approximate surface area is 108 Å². The molecule has 1 aromatic rings. The second kappa shape index (κ2) is 5.89. The molecule has 0 saturated heterocycles. The quantitative estimate of drug-likeness (QED) is 0.822. The molecule has 1 aromatic heterocycles. The van der Waals surface area contributed by atoms with E-state index in [9.17, 15) is 22.8 Å². The maximum atomic E-state index is 11.8. The Morgan fingerprint density at radius 2 is 1.83 bits per heavy atom. The molecule has 2 N–H and O–H groups in total. The van der Waals surface area contributed by atoms with Gasteiger partial charge in [-0.25, -0.2) is 0 Å². The van der Waals surface area contributed by atoms with Gasteiger partial charge in [-0.2, -0.15) is 13.2 Å². The number of rotatable bonds is 4. The maximum absolute atomic E-state index is 11.8. The second-order valence-corrected chi connectivity index (χ2v) is 3.89. The van der Waals surface area contributed by atoms with Crippen molar-refractivity contribution in [1.29, 1.82) is 0 Å². The molecule has 100 valence electrons. The molecule has 9 heteroatoms. The van der Waals surface area contributed by atoms with Gasteiger partial charge in [-0.05, 0) is 28.1 Å². The molecular formula is C9H8BrF3N2O3. The standard InChI is InChI=1S/C9H8BrF3N2O3/c10-6-2-1-5(18-6)7(16)14-3-4-15-8(17)9(11,12)13/h1-2H,3-4H2,(H,14,16)(H,15,17). The molecule has 0 aromatic carbocycles. The molecule has 0 aliphatic rings. The van der Waals surface area contributed by atoms with Gasteiger partial charge in [0.2, 0.25) is 0 Å². The minimum absolute atomic E-state index is 0.0176. The highest BCUT2D eigenvalue weighted by molar-refractivity contribution is 9.10. The van der Waals surface area contributed by atoms with E-state index in [1.165, 1.54) is 12.1 Å². The lowest BCUT2D eigenvalue weighted by molar-refractivity contribution is -0.173. The molecule has 0 aliphatic carbocycles. The lowest BCUT2D eigenvalue weighted by Crippen LogP contribution is -2.41. The van der Waals surface area contributed by atoms with Gasteiger partial charge in [0.05, 0.1) is 0 Å².